The number of benzene rings is 2. The van der Waals surface area contributed by atoms with E-state index >= 15 is 0 Å². The van der Waals surface area contributed by atoms with Gasteiger partial charge in [-0.1, -0.05) is 24.3 Å². The molecule has 0 aliphatic carbocycles. The second-order valence-electron chi connectivity index (χ2n) is 5.40. The van der Waals surface area contributed by atoms with Crippen LogP contribution in [0.3, 0.4) is 0 Å². The van der Waals surface area contributed by atoms with Crippen LogP contribution in [0.25, 0.3) is 10.9 Å². The van der Waals surface area contributed by atoms with Crippen LogP contribution in [0.4, 0.5) is 4.39 Å². The van der Waals surface area contributed by atoms with Crippen LogP contribution in [0.1, 0.15) is 16.2 Å². The Morgan fingerprint density at radius 3 is 2.67 bits per heavy atom. The predicted octanol–water partition coefficient (Wildman–Crippen LogP) is 2.05. The highest BCUT2D eigenvalue weighted by Gasteiger charge is 2.11. The van der Waals surface area contributed by atoms with Gasteiger partial charge in [0.2, 0.25) is 0 Å². The molecule has 0 fully saturated rings. The molecular weight excluding hydrogens is 309 g/mol. The molecule has 0 saturated carbocycles. The highest BCUT2D eigenvalue weighted by atomic mass is 19.1. The van der Waals surface area contributed by atoms with Gasteiger partial charge in [-0.3, -0.25) is 14.2 Å². The molecule has 2 aromatic carbocycles. The molecule has 3 rings (SSSR count). The van der Waals surface area contributed by atoms with E-state index < -0.39 is 11.7 Å². The maximum atomic E-state index is 13.6. The van der Waals surface area contributed by atoms with Crippen LogP contribution in [0.15, 0.2) is 53.3 Å². The van der Waals surface area contributed by atoms with Crippen molar-refractivity contribution in [2.75, 3.05) is 6.54 Å². The molecule has 0 aliphatic rings. The molecule has 5 nitrogen and oxygen atoms in total. The van der Waals surface area contributed by atoms with Crippen molar-refractivity contribution in [3.63, 3.8) is 0 Å². The number of carbonyl (C=O) groups excluding carboxylic acids is 1. The highest BCUT2D eigenvalue weighted by molar-refractivity contribution is 5.94. The van der Waals surface area contributed by atoms with Crippen LogP contribution in [0.2, 0.25) is 0 Å². The van der Waals surface area contributed by atoms with Gasteiger partial charge in [0.25, 0.3) is 11.5 Å². The average molecular weight is 325 g/mol. The van der Waals surface area contributed by atoms with Gasteiger partial charge in [-0.25, -0.2) is 9.37 Å². The van der Waals surface area contributed by atoms with Crippen molar-refractivity contribution < 1.29 is 9.18 Å². The zero-order chi connectivity index (χ0) is 17.1. The Morgan fingerprint density at radius 2 is 1.88 bits per heavy atom. The summed E-state index contributed by atoms with van der Waals surface area (Å²) in [5.41, 5.74) is 0.491. The minimum atomic E-state index is -0.564. The molecule has 1 amide bonds. The normalized spacial score (nSPS) is 10.8. The van der Waals surface area contributed by atoms with Gasteiger partial charge in [-0.05, 0) is 24.3 Å². The van der Waals surface area contributed by atoms with Crippen LogP contribution in [-0.2, 0) is 13.5 Å². The summed E-state index contributed by atoms with van der Waals surface area (Å²) in [5.74, 6) is -0.488. The molecule has 1 N–H and O–H groups in total. The topological polar surface area (TPSA) is 64.0 Å². The molecule has 0 unspecified atom stereocenters. The highest BCUT2D eigenvalue weighted by Crippen LogP contribution is 2.08. The summed E-state index contributed by atoms with van der Waals surface area (Å²) in [6.45, 7) is 0.256. The second kappa shape index (κ2) is 6.62. The molecule has 0 saturated heterocycles. The van der Waals surface area contributed by atoms with Gasteiger partial charge < -0.3 is 5.32 Å². The quantitative estimate of drug-likeness (QED) is 0.798. The van der Waals surface area contributed by atoms with E-state index in [0.717, 1.165) is 0 Å². The minimum Gasteiger partial charge on any atom is -0.351 e. The number of hydrogen-bond acceptors (Lipinski definition) is 3. The lowest BCUT2D eigenvalue weighted by Gasteiger charge is -2.10. The molecular formula is C18H16FN3O2. The van der Waals surface area contributed by atoms with E-state index in [1.807, 2.05) is 6.07 Å². The maximum Gasteiger partial charge on any atom is 0.261 e. The molecule has 1 heterocycles. The number of nitrogens with one attached hydrogen (secondary N) is 1. The lowest BCUT2D eigenvalue weighted by Crippen LogP contribution is -2.29. The van der Waals surface area contributed by atoms with Gasteiger partial charge in [-0.15, -0.1) is 0 Å². The summed E-state index contributed by atoms with van der Waals surface area (Å²) in [7, 11) is 1.65. The second-order valence-corrected chi connectivity index (χ2v) is 5.40. The Balaban J connectivity index is 1.75. The van der Waals surface area contributed by atoms with Crippen molar-refractivity contribution >= 4 is 16.8 Å². The first-order valence-corrected chi connectivity index (χ1v) is 7.55. The van der Waals surface area contributed by atoms with Crippen molar-refractivity contribution in [1.82, 2.24) is 14.9 Å². The van der Waals surface area contributed by atoms with Gasteiger partial charge in [-0.2, -0.15) is 0 Å². The Hall–Kier alpha value is -3.02. The first kappa shape index (κ1) is 15.9. The van der Waals surface area contributed by atoms with Gasteiger partial charge >= 0.3 is 0 Å². The Kier molecular flexibility index (Phi) is 4.37. The molecule has 0 aliphatic heterocycles. The molecule has 0 radical (unpaired) electrons. The summed E-state index contributed by atoms with van der Waals surface area (Å²) >= 11 is 0. The lowest BCUT2D eigenvalue weighted by molar-refractivity contribution is 0.0950. The molecule has 0 atom stereocenters. The van der Waals surface area contributed by atoms with Crippen LogP contribution in [0, 0.1) is 5.82 Å². The number of amides is 1. The van der Waals surface area contributed by atoms with E-state index in [0.29, 0.717) is 23.1 Å². The predicted molar refractivity (Wildman–Crippen MR) is 89.4 cm³/mol. The number of carbonyl (C=O) groups is 1. The smallest absolute Gasteiger partial charge is 0.261 e. The average Bonchev–Trinajstić information content (AvgIpc) is 2.59. The van der Waals surface area contributed by atoms with Gasteiger partial charge in [0.15, 0.2) is 0 Å². The molecule has 24 heavy (non-hydrogen) atoms. The fraction of sp³-hybridized carbons (Fsp3) is 0.167. The van der Waals surface area contributed by atoms with Crippen LogP contribution < -0.4 is 10.9 Å². The third-order valence-electron chi connectivity index (χ3n) is 3.83. The van der Waals surface area contributed by atoms with E-state index in [-0.39, 0.29) is 17.7 Å². The zero-order valence-corrected chi connectivity index (χ0v) is 13.1. The number of rotatable bonds is 4. The largest absolute Gasteiger partial charge is 0.351 e. The van der Waals surface area contributed by atoms with E-state index in [1.165, 1.54) is 22.8 Å². The van der Waals surface area contributed by atoms with Crippen LogP contribution in [-0.4, -0.2) is 22.0 Å². The third kappa shape index (κ3) is 3.03. The number of nitrogens with zero attached hydrogens (tertiary/aromatic N) is 2. The van der Waals surface area contributed by atoms with Crippen molar-refractivity contribution in [3.05, 3.63) is 76.1 Å². The van der Waals surface area contributed by atoms with Crippen molar-refractivity contribution in [2.45, 2.75) is 6.42 Å². The maximum absolute atomic E-state index is 13.6. The number of para-hydroxylation sites is 1. The third-order valence-corrected chi connectivity index (χ3v) is 3.83. The molecule has 0 spiro atoms. The number of fused-ring (bicyclic) bond motifs is 1. The molecule has 0 bridgehead atoms. The monoisotopic (exact) mass is 325 g/mol. The van der Waals surface area contributed by atoms with E-state index in [9.17, 15) is 14.0 Å². The van der Waals surface area contributed by atoms with Crippen LogP contribution >= 0.6 is 0 Å². The number of aromatic nitrogens is 2. The fourth-order valence-electron chi connectivity index (χ4n) is 2.52. The van der Waals surface area contributed by atoms with Gasteiger partial charge in [0.05, 0.1) is 16.5 Å². The summed E-state index contributed by atoms with van der Waals surface area (Å²) in [5, 5.41) is 3.20. The Morgan fingerprint density at radius 1 is 1.17 bits per heavy atom. The Bertz CT molecular complexity index is 966. The van der Waals surface area contributed by atoms with Gasteiger partial charge in [0, 0.05) is 20.0 Å². The molecule has 1 aromatic heterocycles. The lowest BCUT2D eigenvalue weighted by atomic mass is 10.2. The van der Waals surface area contributed by atoms with E-state index in [2.05, 4.69) is 10.3 Å². The van der Waals surface area contributed by atoms with Crippen molar-refractivity contribution in [2.24, 2.45) is 7.05 Å². The standard InChI is InChI=1S/C18H16FN3O2/c1-22-16(21-15-9-5-3-7-13(15)18(22)24)10-11-20-17(23)12-6-2-4-8-14(12)19/h2-9H,10-11H2,1H3,(H,20,23). The minimum absolute atomic E-state index is 0.00198. The molecule has 122 valence electrons. The zero-order valence-electron chi connectivity index (χ0n) is 13.1. The van der Waals surface area contributed by atoms with Crippen molar-refractivity contribution in [3.8, 4) is 0 Å². The first-order chi connectivity index (χ1) is 11.6. The number of hydrogen-bond donors (Lipinski definition) is 1. The molecule has 3 aromatic rings. The summed E-state index contributed by atoms with van der Waals surface area (Å²) in [6, 6.07) is 12.9. The van der Waals surface area contributed by atoms with E-state index in [4.69, 9.17) is 0 Å². The fourth-order valence-corrected chi connectivity index (χ4v) is 2.52. The first-order valence-electron chi connectivity index (χ1n) is 7.55. The summed E-state index contributed by atoms with van der Waals surface area (Å²) < 4.78 is 15.0. The number of halogens is 1. The van der Waals surface area contributed by atoms with E-state index in [1.54, 1.807) is 31.3 Å². The van der Waals surface area contributed by atoms with Gasteiger partial charge in [0.1, 0.15) is 11.6 Å². The van der Waals surface area contributed by atoms with Crippen molar-refractivity contribution in [1.29, 1.82) is 0 Å². The summed E-state index contributed by atoms with van der Waals surface area (Å²) in [4.78, 5) is 28.7. The van der Waals surface area contributed by atoms with Crippen LogP contribution in [0.5, 0.6) is 0 Å². The SMILES string of the molecule is Cn1c(CCNC(=O)c2ccccc2F)nc2ccccc2c1=O. The molecule has 6 heteroatoms. The summed E-state index contributed by atoms with van der Waals surface area (Å²) in [6.07, 6.45) is 0.372. The Labute approximate surface area is 137 Å².